The van der Waals surface area contributed by atoms with Gasteiger partial charge in [-0.25, -0.2) is 0 Å². The molecule has 0 aromatic carbocycles. The van der Waals surface area contributed by atoms with Crippen LogP contribution < -0.4 is 21.3 Å². The average Bonchev–Trinajstić information content (AvgIpc) is 2.68. The average molecular weight is 422 g/mol. The number of hydrogen-bond donors (Lipinski definition) is 4. The second kappa shape index (κ2) is 12.0. The van der Waals surface area contributed by atoms with Gasteiger partial charge in [0.1, 0.15) is 12.1 Å². The van der Waals surface area contributed by atoms with E-state index in [1.165, 1.54) is 0 Å². The SMILES string of the molecule is O=C1CCC(NC(=O)CCCCCCCCC(=O)NC2CCC(=O)NC2=O)C(=O)N1. The Hall–Kier alpha value is -2.78. The lowest BCUT2D eigenvalue weighted by atomic mass is 10.0. The Morgan fingerprint density at radius 2 is 1.03 bits per heavy atom. The molecule has 0 aromatic heterocycles. The molecule has 2 saturated heterocycles. The molecule has 0 bridgehead atoms. The number of hydrogen-bond acceptors (Lipinski definition) is 6. The van der Waals surface area contributed by atoms with Crippen LogP contribution in [0.25, 0.3) is 0 Å². The molecule has 2 atom stereocenters. The Morgan fingerprint density at radius 3 is 1.40 bits per heavy atom. The van der Waals surface area contributed by atoms with Gasteiger partial charge < -0.3 is 10.6 Å². The van der Waals surface area contributed by atoms with Crippen molar-refractivity contribution in [2.45, 2.75) is 89.1 Å². The Morgan fingerprint density at radius 1 is 0.667 bits per heavy atom. The predicted octanol–water partition coefficient (Wildman–Crippen LogP) is -0.0500. The van der Waals surface area contributed by atoms with E-state index >= 15 is 0 Å². The van der Waals surface area contributed by atoms with Crippen molar-refractivity contribution in [3.8, 4) is 0 Å². The van der Waals surface area contributed by atoms with Crippen LogP contribution >= 0.6 is 0 Å². The van der Waals surface area contributed by atoms with Gasteiger partial charge >= 0.3 is 0 Å². The highest BCUT2D eigenvalue weighted by Crippen LogP contribution is 2.11. The molecule has 30 heavy (non-hydrogen) atoms. The molecule has 6 amide bonds. The second-order valence-electron chi connectivity index (χ2n) is 7.76. The molecule has 0 aliphatic carbocycles. The number of amides is 6. The molecule has 2 aliphatic heterocycles. The molecule has 0 radical (unpaired) electrons. The van der Waals surface area contributed by atoms with Gasteiger partial charge in [-0.1, -0.05) is 25.7 Å². The highest BCUT2D eigenvalue weighted by atomic mass is 16.2. The zero-order chi connectivity index (χ0) is 21.9. The fourth-order valence-electron chi connectivity index (χ4n) is 3.47. The molecule has 0 spiro atoms. The summed E-state index contributed by atoms with van der Waals surface area (Å²) < 4.78 is 0. The number of nitrogens with one attached hydrogen (secondary N) is 4. The maximum atomic E-state index is 11.9. The summed E-state index contributed by atoms with van der Waals surface area (Å²) in [6, 6.07) is -1.25. The summed E-state index contributed by atoms with van der Waals surface area (Å²) in [5.41, 5.74) is 0. The Balaban J connectivity index is 1.44. The second-order valence-corrected chi connectivity index (χ2v) is 7.76. The van der Waals surface area contributed by atoms with E-state index in [1.807, 2.05) is 0 Å². The third kappa shape index (κ3) is 8.30. The van der Waals surface area contributed by atoms with E-state index in [0.29, 0.717) is 25.7 Å². The summed E-state index contributed by atoms with van der Waals surface area (Å²) in [6.07, 6.45) is 6.92. The van der Waals surface area contributed by atoms with Gasteiger partial charge in [-0.3, -0.25) is 39.4 Å². The van der Waals surface area contributed by atoms with Crippen LogP contribution in [0.5, 0.6) is 0 Å². The third-order valence-corrected chi connectivity index (χ3v) is 5.21. The number of unbranched alkanes of at least 4 members (excludes halogenated alkanes) is 5. The van der Waals surface area contributed by atoms with Crippen molar-refractivity contribution in [1.29, 1.82) is 0 Å². The van der Waals surface area contributed by atoms with E-state index < -0.39 is 23.9 Å². The molecular weight excluding hydrogens is 392 g/mol. The van der Waals surface area contributed by atoms with Crippen LogP contribution in [0.3, 0.4) is 0 Å². The summed E-state index contributed by atoms with van der Waals surface area (Å²) in [5, 5.41) is 9.74. The molecule has 0 saturated carbocycles. The van der Waals surface area contributed by atoms with E-state index in [9.17, 15) is 28.8 Å². The fraction of sp³-hybridized carbons (Fsp3) is 0.700. The van der Waals surface area contributed by atoms with Crippen molar-refractivity contribution in [2.75, 3.05) is 0 Å². The van der Waals surface area contributed by atoms with Crippen molar-refractivity contribution < 1.29 is 28.8 Å². The molecule has 2 unspecified atom stereocenters. The molecule has 2 rings (SSSR count). The Bertz CT molecular complexity index is 635. The maximum Gasteiger partial charge on any atom is 0.249 e. The third-order valence-electron chi connectivity index (χ3n) is 5.21. The Kier molecular flexibility index (Phi) is 9.43. The normalized spacial score (nSPS) is 21.6. The minimum atomic E-state index is -0.624. The summed E-state index contributed by atoms with van der Waals surface area (Å²) in [5.74, 6) is -1.87. The van der Waals surface area contributed by atoms with Gasteiger partial charge in [0, 0.05) is 25.7 Å². The van der Waals surface area contributed by atoms with Crippen molar-refractivity contribution >= 4 is 35.4 Å². The first-order valence-corrected chi connectivity index (χ1v) is 10.6. The number of piperidine rings is 2. The fourth-order valence-corrected chi connectivity index (χ4v) is 3.47. The van der Waals surface area contributed by atoms with Crippen LogP contribution in [-0.2, 0) is 28.8 Å². The first-order valence-electron chi connectivity index (χ1n) is 10.6. The molecule has 2 fully saturated rings. The topological polar surface area (TPSA) is 151 Å². The number of carbonyl (C=O) groups is 6. The summed E-state index contributed by atoms with van der Waals surface area (Å²) in [6.45, 7) is 0. The lowest BCUT2D eigenvalue weighted by Gasteiger charge is -2.21. The van der Waals surface area contributed by atoms with Crippen molar-refractivity contribution in [3.05, 3.63) is 0 Å². The molecule has 0 aromatic rings. The van der Waals surface area contributed by atoms with Gasteiger partial charge in [0.05, 0.1) is 0 Å². The van der Waals surface area contributed by atoms with Crippen LogP contribution in [0.15, 0.2) is 0 Å². The van der Waals surface area contributed by atoms with Crippen LogP contribution in [0, 0.1) is 0 Å². The first-order chi connectivity index (χ1) is 14.3. The largest absolute Gasteiger partial charge is 0.344 e. The van der Waals surface area contributed by atoms with Gasteiger partial charge in [-0.2, -0.15) is 0 Å². The van der Waals surface area contributed by atoms with Crippen LogP contribution in [0.4, 0.5) is 0 Å². The highest BCUT2D eigenvalue weighted by molar-refractivity contribution is 6.02. The van der Waals surface area contributed by atoms with Gasteiger partial charge in [0.2, 0.25) is 35.4 Å². The van der Waals surface area contributed by atoms with Crippen molar-refractivity contribution in [2.24, 2.45) is 0 Å². The molecule has 10 nitrogen and oxygen atoms in total. The highest BCUT2D eigenvalue weighted by Gasteiger charge is 2.28. The molecule has 2 heterocycles. The maximum absolute atomic E-state index is 11.9. The quantitative estimate of drug-likeness (QED) is 0.271. The van der Waals surface area contributed by atoms with Gasteiger partial charge in [0.15, 0.2) is 0 Å². The number of carbonyl (C=O) groups excluding carboxylic acids is 6. The zero-order valence-corrected chi connectivity index (χ0v) is 17.1. The van der Waals surface area contributed by atoms with Gasteiger partial charge in [0.25, 0.3) is 0 Å². The summed E-state index contributed by atoms with van der Waals surface area (Å²) in [4.78, 5) is 69.1. The van der Waals surface area contributed by atoms with Crippen LogP contribution in [0.1, 0.15) is 77.0 Å². The monoisotopic (exact) mass is 422 g/mol. The molecule has 4 N–H and O–H groups in total. The van der Waals surface area contributed by atoms with Crippen LogP contribution in [0.2, 0.25) is 0 Å². The standard InChI is InChI=1S/C20H30N4O6/c25-15(21-13-9-11-17(27)23-19(13)29)7-5-3-1-2-4-6-8-16(26)22-14-10-12-18(28)24-20(14)30/h13-14H,1-12H2,(H,21,25)(H,22,26)(H,23,27,29)(H,24,28,30). The first kappa shape index (κ1) is 23.5. The van der Waals surface area contributed by atoms with Gasteiger partial charge in [-0.05, 0) is 25.7 Å². The van der Waals surface area contributed by atoms with Crippen molar-refractivity contribution in [3.63, 3.8) is 0 Å². The zero-order valence-electron chi connectivity index (χ0n) is 17.1. The molecular formula is C20H30N4O6. The molecule has 166 valence electrons. The van der Waals surface area contributed by atoms with E-state index in [4.69, 9.17) is 0 Å². The van der Waals surface area contributed by atoms with Crippen LogP contribution in [-0.4, -0.2) is 47.5 Å². The minimum absolute atomic E-state index is 0.186. The smallest absolute Gasteiger partial charge is 0.249 e. The lowest BCUT2D eigenvalue weighted by Crippen LogP contribution is -2.52. The summed E-state index contributed by atoms with van der Waals surface area (Å²) >= 11 is 0. The molecule has 10 heteroatoms. The minimum Gasteiger partial charge on any atom is -0.344 e. The molecule has 2 aliphatic rings. The van der Waals surface area contributed by atoms with E-state index in [2.05, 4.69) is 21.3 Å². The number of rotatable bonds is 11. The summed E-state index contributed by atoms with van der Waals surface area (Å²) in [7, 11) is 0. The Labute approximate surface area is 175 Å². The lowest BCUT2D eigenvalue weighted by molar-refractivity contribution is -0.138. The van der Waals surface area contributed by atoms with E-state index in [-0.39, 0.29) is 36.5 Å². The van der Waals surface area contributed by atoms with E-state index in [0.717, 1.165) is 38.5 Å². The van der Waals surface area contributed by atoms with E-state index in [1.54, 1.807) is 0 Å². The number of imide groups is 2. The van der Waals surface area contributed by atoms with Crippen molar-refractivity contribution in [1.82, 2.24) is 21.3 Å². The van der Waals surface area contributed by atoms with Gasteiger partial charge in [-0.15, -0.1) is 0 Å². The predicted molar refractivity (Wildman–Crippen MR) is 106 cm³/mol.